The van der Waals surface area contributed by atoms with Crippen LogP contribution in [0.4, 0.5) is 0 Å². The van der Waals surface area contributed by atoms with E-state index in [0.29, 0.717) is 13.2 Å². The Morgan fingerprint density at radius 2 is 2.19 bits per heavy atom. The first-order valence-corrected chi connectivity index (χ1v) is 5.37. The second-order valence-corrected chi connectivity index (χ2v) is 3.34. The first-order valence-electron chi connectivity index (χ1n) is 5.37. The molecule has 0 saturated heterocycles. The van der Waals surface area contributed by atoms with Crippen molar-refractivity contribution < 1.29 is 9.53 Å². The molecular weight excluding hydrogens is 228 g/mol. The van der Waals surface area contributed by atoms with Gasteiger partial charge in [-0.1, -0.05) is 6.08 Å². The van der Waals surface area contributed by atoms with Gasteiger partial charge in [0.1, 0.15) is 6.10 Å². The van der Waals surface area contributed by atoms with E-state index >= 15 is 0 Å². The van der Waals surface area contributed by atoms with Gasteiger partial charge in [0.15, 0.2) is 0 Å². The van der Waals surface area contributed by atoms with Gasteiger partial charge >= 0.3 is 0 Å². The summed E-state index contributed by atoms with van der Waals surface area (Å²) in [4.78, 5) is 11.4. The van der Waals surface area contributed by atoms with Crippen molar-refractivity contribution in [2.24, 2.45) is 0 Å². The highest BCUT2D eigenvalue weighted by Crippen LogP contribution is 1.93. The van der Waals surface area contributed by atoms with Crippen molar-refractivity contribution in [3.8, 4) is 0 Å². The summed E-state index contributed by atoms with van der Waals surface area (Å²) in [5.41, 5.74) is 0. The lowest BCUT2D eigenvalue weighted by molar-refractivity contribution is -0.131. The van der Waals surface area contributed by atoms with Gasteiger partial charge in [-0.25, -0.2) is 0 Å². The Balaban J connectivity index is 0. The molecule has 0 aliphatic heterocycles. The van der Waals surface area contributed by atoms with Crippen LogP contribution in [-0.2, 0) is 9.53 Å². The third kappa shape index (κ3) is 9.96. The third-order valence-electron chi connectivity index (χ3n) is 1.96. The van der Waals surface area contributed by atoms with Crippen molar-refractivity contribution in [1.82, 2.24) is 10.6 Å². The highest BCUT2D eigenvalue weighted by molar-refractivity contribution is 5.85. The van der Waals surface area contributed by atoms with Crippen LogP contribution >= 0.6 is 12.4 Å². The van der Waals surface area contributed by atoms with Crippen LogP contribution in [0.1, 0.15) is 19.8 Å². The molecule has 1 unspecified atom stereocenters. The van der Waals surface area contributed by atoms with Crippen LogP contribution < -0.4 is 10.6 Å². The number of hydrogen-bond donors (Lipinski definition) is 2. The SMILES string of the molecule is C=CCCOC(C)C(=O)NCCCNC.Cl. The maximum atomic E-state index is 11.4. The maximum absolute atomic E-state index is 11.4. The predicted molar refractivity (Wildman–Crippen MR) is 69.0 cm³/mol. The average molecular weight is 251 g/mol. The monoisotopic (exact) mass is 250 g/mol. The van der Waals surface area contributed by atoms with E-state index in [9.17, 15) is 4.79 Å². The minimum atomic E-state index is -0.375. The molecule has 0 bridgehead atoms. The summed E-state index contributed by atoms with van der Waals surface area (Å²) < 4.78 is 5.30. The lowest BCUT2D eigenvalue weighted by Crippen LogP contribution is -2.36. The average Bonchev–Trinajstić information content (AvgIpc) is 2.24. The van der Waals surface area contributed by atoms with E-state index in [1.165, 1.54) is 0 Å². The molecule has 0 aliphatic rings. The van der Waals surface area contributed by atoms with Crippen molar-refractivity contribution >= 4 is 18.3 Å². The van der Waals surface area contributed by atoms with Gasteiger partial charge in [0.05, 0.1) is 6.61 Å². The summed E-state index contributed by atoms with van der Waals surface area (Å²) >= 11 is 0. The Kier molecular flexibility index (Phi) is 13.9. The van der Waals surface area contributed by atoms with Gasteiger partial charge in [0.2, 0.25) is 5.91 Å². The van der Waals surface area contributed by atoms with Crippen LogP contribution in [0.15, 0.2) is 12.7 Å². The molecule has 16 heavy (non-hydrogen) atoms. The van der Waals surface area contributed by atoms with Crippen molar-refractivity contribution in [1.29, 1.82) is 0 Å². The lowest BCUT2D eigenvalue weighted by Gasteiger charge is -2.12. The fraction of sp³-hybridized carbons (Fsp3) is 0.727. The van der Waals surface area contributed by atoms with E-state index in [-0.39, 0.29) is 24.4 Å². The first-order chi connectivity index (χ1) is 7.22. The zero-order valence-corrected chi connectivity index (χ0v) is 10.9. The van der Waals surface area contributed by atoms with Gasteiger partial charge in [-0.3, -0.25) is 4.79 Å². The van der Waals surface area contributed by atoms with Gasteiger partial charge in [0.25, 0.3) is 0 Å². The van der Waals surface area contributed by atoms with E-state index < -0.39 is 0 Å². The van der Waals surface area contributed by atoms with Crippen LogP contribution in [0.5, 0.6) is 0 Å². The first kappa shape index (κ1) is 17.8. The number of hydrogen-bond acceptors (Lipinski definition) is 3. The molecule has 0 fully saturated rings. The zero-order valence-electron chi connectivity index (χ0n) is 10.1. The second-order valence-electron chi connectivity index (χ2n) is 3.34. The Bertz CT molecular complexity index is 189. The normalized spacial score (nSPS) is 11.4. The summed E-state index contributed by atoms with van der Waals surface area (Å²) in [5, 5.41) is 5.83. The fourth-order valence-electron chi connectivity index (χ4n) is 1.02. The van der Waals surface area contributed by atoms with Crippen molar-refractivity contribution in [2.75, 3.05) is 26.7 Å². The molecule has 5 heteroatoms. The fourth-order valence-corrected chi connectivity index (χ4v) is 1.02. The number of carbonyl (C=O) groups excluding carboxylic acids is 1. The lowest BCUT2D eigenvalue weighted by atomic mass is 10.3. The number of halogens is 1. The molecule has 0 aromatic rings. The molecule has 0 spiro atoms. The number of ether oxygens (including phenoxy) is 1. The summed E-state index contributed by atoms with van der Waals surface area (Å²) in [6.07, 6.45) is 3.11. The van der Waals surface area contributed by atoms with E-state index in [0.717, 1.165) is 19.4 Å². The predicted octanol–water partition coefficient (Wildman–Crippen LogP) is 1.12. The van der Waals surface area contributed by atoms with E-state index in [4.69, 9.17) is 4.74 Å². The van der Waals surface area contributed by atoms with Gasteiger partial charge in [-0.2, -0.15) is 0 Å². The Hall–Kier alpha value is -0.580. The van der Waals surface area contributed by atoms with Crippen LogP contribution in [-0.4, -0.2) is 38.8 Å². The molecule has 2 N–H and O–H groups in total. The van der Waals surface area contributed by atoms with E-state index in [1.54, 1.807) is 13.0 Å². The van der Waals surface area contributed by atoms with Gasteiger partial charge in [-0.05, 0) is 33.4 Å². The minimum absolute atomic E-state index is 0. The van der Waals surface area contributed by atoms with Crippen LogP contribution in [0, 0.1) is 0 Å². The Labute approximate surface area is 104 Å². The van der Waals surface area contributed by atoms with Crippen molar-refractivity contribution in [3.63, 3.8) is 0 Å². The smallest absolute Gasteiger partial charge is 0.248 e. The third-order valence-corrected chi connectivity index (χ3v) is 1.96. The van der Waals surface area contributed by atoms with Crippen molar-refractivity contribution in [3.05, 3.63) is 12.7 Å². The molecule has 4 nitrogen and oxygen atoms in total. The highest BCUT2D eigenvalue weighted by atomic mass is 35.5. The molecule has 0 aromatic carbocycles. The summed E-state index contributed by atoms with van der Waals surface area (Å²) in [6.45, 7) is 7.49. The molecule has 0 rings (SSSR count). The van der Waals surface area contributed by atoms with Gasteiger partial charge < -0.3 is 15.4 Å². The largest absolute Gasteiger partial charge is 0.368 e. The molecule has 1 atom stereocenters. The molecular formula is C11H23ClN2O2. The molecule has 0 heterocycles. The van der Waals surface area contributed by atoms with E-state index in [2.05, 4.69) is 17.2 Å². The Morgan fingerprint density at radius 3 is 2.75 bits per heavy atom. The standard InChI is InChI=1S/C11H22N2O2.ClH/c1-4-5-9-15-10(2)11(14)13-8-6-7-12-3;/h4,10,12H,1,5-9H2,2-3H3,(H,13,14);1H. The minimum Gasteiger partial charge on any atom is -0.368 e. The van der Waals surface area contributed by atoms with Crippen LogP contribution in [0.3, 0.4) is 0 Å². The van der Waals surface area contributed by atoms with Gasteiger partial charge in [0, 0.05) is 6.54 Å². The molecule has 0 radical (unpaired) electrons. The number of rotatable bonds is 9. The van der Waals surface area contributed by atoms with Gasteiger partial charge in [-0.15, -0.1) is 19.0 Å². The summed E-state index contributed by atoms with van der Waals surface area (Å²) in [5.74, 6) is -0.0461. The molecule has 1 amide bonds. The molecule has 0 aliphatic carbocycles. The quantitative estimate of drug-likeness (QED) is 0.476. The van der Waals surface area contributed by atoms with Crippen LogP contribution in [0.2, 0.25) is 0 Å². The maximum Gasteiger partial charge on any atom is 0.248 e. The second kappa shape index (κ2) is 12.5. The number of amides is 1. The van der Waals surface area contributed by atoms with Crippen molar-refractivity contribution in [2.45, 2.75) is 25.9 Å². The summed E-state index contributed by atoms with van der Waals surface area (Å²) in [6, 6.07) is 0. The molecule has 0 saturated carbocycles. The van der Waals surface area contributed by atoms with Crippen LogP contribution in [0.25, 0.3) is 0 Å². The number of carbonyl (C=O) groups is 1. The topological polar surface area (TPSA) is 50.4 Å². The summed E-state index contributed by atoms with van der Waals surface area (Å²) in [7, 11) is 1.89. The van der Waals surface area contributed by atoms with E-state index in [1.807, 2.05) is 7.05 Å². The zero-order chi connectivity index (χ0) is 11.5. The number of nitrogens with one attached hydrogen (secondary N) is 2. The molecule has 0 aromatic heterocycles. The Morgan fingerprint density at radius 1 is 1.50 bits per heavy atom. The highest BCUT2D eigenvalue weighted by Gasteiger charge is 2.11. The molecule has 96 valence electrons.